The molecule has 0 aromatic heterocycles. The zero-order valence-electron chi connectivity index (χ0n) is 31.2. The highest BCUT2D eigenvalue weighted by molar-refractivity contribution is 7.87. The van der Waals surface area contributed by atoms with E-state index >= 15 is 4.79 Å². The lowest BCUT2D eigenvalue weighted by atomic mass is 9.43. The van der Waals surface area contributed by atoms with Crippen molar-refractivity contribution in [3.05, 3.63) is 59.7 Å². The molecule has 6 fully saturated rings. The number of aryl methyl sites for hydroxylation is 2. The molecule has 2 aromatic rings. The predicted octanol–water partition coefficient (Wildman–Crippen LogP) is 7.39. The molecule has 284 valence electrons. The van der Waals surface area contributed by atoms with Gasteiger partial charge in [-0.1, -0.05) is 63.1 Å². The largest absolute Gasteiger partial charge is 0.349 e. The third-order valence-corrected chi connectivity index (χ3v) is 17.5. The fraction of sp³-hybridized carbons (Fsp3) is 0.683. The minimum atomic E-state index is -4.30. The van der Waals surface area contributed by atoms with E-state index in [-0.39, 0.29) is 51.3 Å². The van der Waals surface area contributed by atoms with E-state index < -0.39 is 55.0 Å². The van der Waals surface area contributed by atoms with Gasteiger partial charge in [-0.05, 0) is 112 Å². The molecule has 0 radical (unpaired) electrons. The van der Waals surface area contributed by atoms with Crippen LogP contribution < -0.4 is 0 Å². The normalized spacial score (nSPS) is 43.1. The second-order valence-corrected chi connectivity index (χ2v) is 20.9. The summed E-state index contributed by atoms with van der Waals surface area (Å²) in [6, 6.07) is 13.3. The van der Waals surface area contributed by atoms with Gasteiger partial charge in [0.25, 0.3) is 20.2 Å². The van der Waals surface area contributed by atoms with Crippen LogP contribution in [0.5, 0.6) is 0 Å². The van der Waals surface area contributed by atoms with Crippen molar-refractivity contribution in [1.29, 1.82) is 0 Å². The highest BCUT2D eigenvalue weighted by Gasteiger charge is 2.74. The lowest BCUT2D eigenvalue weighted by molar-refractivity contribution is -0.273. The van der Waals surface area contributed by atoms with E-state index in [1.165, 1.54) is 0 Å². The summed E-state index contributed by atoms with van der Waals surface area (Å²) in [7, 11) is -8.25. The van der Waals surface area contributed by atoms with E-state index in [2.05, 4.69) is 27.7 Å². The summed E-state index contributed by atoms with van der Waals surface area (Å²) in [5, 5.41) is 0. The maximum absolute atomic E-state index is 15.4. The molecule has 52 heavy (non-hydrogen) atoms. The third kappa shape index (κ3) is 5.69. The summed E-state index contributed by atoms with van der Waals surface area (Å²) in [5.41, 5.74) is 0.645. The molecule has 0 amide bonds. The number of benzene rings is 2. The van der Waals surface area contributed by atoms with Crippen molar-refractivity contribution < 1.29 is 39.5 Å². The van der Waals surface area contributed by atoms with Crippen molar-refractivity contribution in [3.63, 3.8) is 0 Å². The Morgan fingerprint density at radius 3 is 1.98 bits per heavy atom. The van der Waals surface area contributed by atoms with Crippen molar-refractivity contribution in [1.82, 2.24) is 0 Å². The summed E-state index contributed by atoms with van der Waals surface area (Å²) >= 11 is 0. The van der Waals surface area contributed by atoms with E-state index in [1.54, 1.807) is 48.5 Å². The molecule has 13 atom stereocenters. The molecule has 9 nitrogen and oxygen atoms in total. The van der Waals surface area contributed by atoms with Gasteiger partial charge in [0, 0.05) is 29.6 Å². The third-order valence-electron chi connectivity index (χ3n) is 14.8. The van der Waals surface area contributed by atoms with Crippen LogP contribution in [-0.4, -0.2) is 53.3 Å². The molecule has 8 rings (SSSR count). The summed E-state index contributed by atoms with van der Waals surface area (Å²) in [6.07, 6.45) is 3.93. The molecule has 2 aliphatic heterocycles. The Hall–Kier alpha value is -2.15. The van der Waals surface area contributed by atoms with E-state index in [1.807, 2.05) is 13.8 Å². The molecule has 4 saturated carbocycles. The second-order valence-electron chi connectivity index (χ2n) is 17.8. The van der Waals surface area contributed by atoms with Gasteiger partial charge in [0.15, 0.2) is 11.6 Å². The zero-order chi connectivity index (χ0) is 37.0. The van der Waals surface area contributed by atoms with Crippen LogP contribution in [-0.2, 0) is 42.9 Å². The molecule has 2 heterocycles. The Labute approximate surface area is 309 Å². The highest BCUT2D eigenvalue weighted by atomic mass is 32.2. The SMILES string of the molecule is Cc1ccc(S(=O)(=O)OC2C(=O)C3C(CC[C@H]4C[C@H](OS(=O)(=O)c5ccc(C)cc5)CCC34C)C3CC4OC5(CCC(C)CO5)C(C)C4C23C)cc1. The first-order valence-electron chi connectivity index (χ1n) is 19.3. The number of ketones is 1. The molecule has 11 heteroatoms. The van der Waals surface area contributed by atoms with Gasteiger partial charge >= 0.3 is 0 Å². The number of hydrogen-bond acceptors (Lipinski definition) is 9. The number of rotatable bonds is 6. The van der Waals surface area contributed by atoms with Crippen LogP contribution in [0.3, 0.4) is 0 Å². The van der Waals surface area contributed by atoms with Gasteiger partial charge in [-0.25, -0.2) is 0 Å². The molecule has 1 spiro atoms. The van der Waals surface area contributed by atoms with Crippen LogP contribution in [0.4, 0.5) is 0 Å². The number of fused-ring (bicyclic) bond motifs is 7. The molecule has 6 aliphatic rings. The molecule has 0 N–H and O–H groups in total. The maximum Gasteiger partial charge on any atom is 0.297 e. The van der Waals surface area contributed by atoms with E-state index in [4.69, 9.17) is 17.8 Å². The van der Waals surface area contributed by atoms with Crippen molar-refractivity contribution in [2.24, 2.45) is 52.3 Å². The summed E-state index contributed by atoms with van der Waals surface area (Å²) in [6.45, 7) is 13.1. The first-order valence-corrected chi connectivity index (χ1v) is 22.2. The Morgan fingerprint density at radius 2 is 1.38 bits per heavy atom. The van der Waals surface area contributed by atoms with Crippen molar-refractivity contribution in [3.8, 4) is 0 Å². The Balaban J connectivity index is 1.12. The molecular formula is C41H54O9S2. The predicted molar refractivity (Wildman–Crippen MR) is 194 cm³/mol. The van der Waals surface area contributed by atoms with Gasteiger partial charge in [0.05, 0.1) is 28.6 Å². The van der Waals surface area contributed by atoms with Gasteiger partial charge in [-0.15, -0.1) is 0 Å². The number of carbonyl (C=O) groups excluding carboxylic acids is 1. The van der Waals surface area contributed by atoms with Crippen LogP contribution in [0.25, 0.3) is 0 Å². The lowest BCUT2D eigenvalue weighted by Gasteiger charge is -2.61. The standard InChI is InChI=1S/C41H54O9S2/c1-24-7-12-30(13-8-24)51(43,44)49-29-18-19-39(5)28(21-29)11-16-32-33-22-34-35(27(4)41(48-34)20-17-26(3)23-47-41)40(33,6)38(37(42)36(32)39)50-52(45,46)31-14-9-25(2)10-15-31/h7-10,12-15,26-29,32-36,38H,11,16-23H2,1-6H3/t26?,27?,28-,29+,32?,33?,34?,35?,36?,38?,39?,40?,41?/m0/s1. The summed E-state index contributed by atoms with van der Waals surface area (Å²) in [5.74, 6) is -0.923. The molecule has 2 aromatic carbocycles. The van der Waals surface area contributed by atoms with Gasteiger partial charge in [-0.3, -0.25) is 13.2 Å². The van der Waals surface area contributed by atoms with Gasteiger partial charge < -0.3 is 9.47 Å². The van der Waals surface area contributed by atoms with Crippen LogP contribution in [0, 0.1) is 66.1 Å². The lowest BCUT2D eigenvalue weighted by Crippen LogP contribution is -2.65. The zero-order valence-corrected chi connectivity index (χ0v) is 32.9. The Kier molecular flexibility index (Phi) is 8.99. The van der Waals surface area contributed by atoms with E-state index in [9.17, 15) is 16.8 Å². The molecule has 4 aliphatic carbocycles. The minimum Gasteiger partial charge on any atom is -0.349 e. The molecule has 2 saturated heterocycles. The van der Waals surface area contributed by atoms with Crippen molar-refractivity contribution in [2.45, 2.75) is 127 Å². The van der Waals surface area contributed by atoms with Crippen LogP contribution in [0.2, 0.25) is 0 Å². The number of ether oxygens (including phenoxy) is 2. The first-order chi connectivity index (χ1) is 24.5. The summed E-state index contributed by atoms with van der Waals surface area (Å²) < 4.78 is 80.5. The van der Waals surface area contributed by atoms with E-state index in [0.29, 0.717) is 31.8 Å². The average molecular weight is 755 g/mol. The topological polar surface area (TPSA) is 122 Å². The van der Waals surface area contributed by atoms with Gasteiger partial charge in [0.1, 0.15) is 6.10 Å². The summed E-state index contributed by atoms with van der Waals surface area (Å²) in [4.78, 5) is 15.6. The quantitative estimate of drug-likeness (QED) is 0.278. The fourth-order valence-corrected chi connectivity index (χ4v) is 14.3. The number of Topliss-reactive ketones (excluding diaryl/α,β-unsaturated/α-hetero) is 1. The van der Waals surface area contributed by atoms with Crippen molar-refractivity contribution >= 4 is 26.0 Å². The fourth-order valence-electron chi connectivity index (χ4n) is 12.1. The van der Waals surface area contributed by atoms with Crippen LogP contribution in [0.15, 0.2) is 58.3 Å². The first kappa shape index (κ1) is 36.8. The molecule has 11 unspecified atom stereocenters. The number of hydrogen-bond donors (Lipinski definition) is 0. The second kappa shape index (κ2) is 12.7. The van der Waals surface area contributed by atoms with Crippen LogP contribution >= 0.6 is 0 Å². The number of carbonyl (C=O) groups is 1. The van der Waals surface area contributed by atoms with Gasteiger partial charge in [0.2, 0.25) is 0 Å². The van der Waals surface area contributed by atoms with E-state index in [0.717, 1.165) is 43.2 Å². The monoisotopic (exact) mass is 754 g/mol. The smallest absolute Gasteiger partial charge is 0.297 e. The molecule has 0 bridgehead atoms. The maximum atomic E-state index is 15.4. The Morgan fingerprint density at radius 1 is 0.769 bits per heavy atom. The highest BCUT2D eigenvalue weighted by Crippen LogP contribution is 2.71. The van der Waals surface area contributed by atoms with Crippen molar-refractivity contribution in [2.75, 3.05) is 6.61 Å². The minimum absolute atomic E-state index is 0.0133. The Bertz CT molecular complexity index is 1920. The van der Waals surface area contributed by atoms with Gasteiger partial charge in [-0.2, -0.15) is 16.8 Å². The molecular weight excluding hydrogens is 701 g/mol. The van der Waals surface area contributed by atoms with Crippen LogP contribution in [0.1, 0.15) is 90.2 Å². The average Bonchev–Trinajstić information content (AvgIpc) is 3.54.